The monoisotopic (exact) mass is 352 g/mol. The Morgan fingerprint density at radius 3 is 3.00 bits per heavy atom. The molecule has 114 valence electrons. The van der Waals surface area contributed by atoms with Crippen molar-refractivity contribution in [3.8, 4) is 11.1 Å². The minimum absolute atomic E-state index is 0.398. The molecule has 1 aliphatic heterocycles. The molecule has 4 rings (SSSR count). The summed E-state index contributed by atoms with van der Waals surface area (Å²) in [5.41, 5.74) is 4.59. The summed E-state index contributed by atoms with van der Waals surface area (Å²) >= 11 is 14.4. The Hall–Kier alpha value is -1.14. The lowest BCUT2D eigenvalue weighted by Crippen LogP contribution is -2.24. The molecule has 0 saturated carbocycles. The van der Waals surface area contributed by atoms with Crippen LogP contribution >= 0.6 is 35.1 Å². The molecule has 3 aromatic rings. The van der Waals surface area contributed by atoms with Crippen molar-refractivity contribution in [2.75, 3.05) is 6.26 Å². The summed E-state index contributed by atoms with van der Waals surface area (Å²) in [5.74, 6) is 0. The molecule has 1 unspecified atom stereocenters. The summed E-state index contributed by atoms with van der Waals surface area (Å²) < 4.78 is 5.74. The van der Waals surface area contributed by atoms with Crippen LogP contribution in [0, 0.1) is 0 Å². The Bertz CT molecular complexity index is 841. The van der Waals surface area contributed by atoms with Gasteiger partial charge in [-0.3, -0.25) is 9.82 Å². The van der Waals surface area contributed by atoms with E-state index in [9.17, 15) is 0 Å². The average molecular weight is 353 g/mol. The van der Waals surface area contributed by atoms with E-state index in [0.717, 1.165) is 29.4 Å². The lowest BCUT2D eigenvalue weighted by Gasteiger charge is -2.10. The number of halogens is 2. The molecule has 0 aliphatic carbocycles. The first-order valence-electron chi connectivity index (χ1n) is 6.97. The fraction of sp³-hybridized carbons (Fsp3) is 0.267. The topological polar surface area (TPSA) is 45.6 Å². The summed E-state index contributed by atoms with van der Waals surface area (Å²) in [5, 5.41) is 9.34. The second kappa shape index (κ2) is 5.49. The molecule has 22 heavy (non-hydrogen) atoms. The van der Waals surface area contributed by atoms with Crippen molar-refractivity contribution >= 4 is 46.1 Å². The van der Waals surface area contributed by atoms with Crippen molar-refractivity contribution in [2.24, 2.45) is 0 Å². The van der Waals surface area contributed by atoms with E-state index in [1.165, 1.54) is 11.3 Å². The van der Waals surface area contributed by atoms with Gasteiger partial charge in [0.15, 0.2) is 0 Å². The zero-order valence-electron chi connectivity index (χ0n) is 11.9. The van der Waals surface area contributed by atoms with E-state index in [4.69, 9.17) is 23.2 Å². The van der Waals surface area contributed by atoms with Gasteiger partial charge in [-0.2, -0.15) is 5.10 Å². The minimum atomic E-state index is 0.398. The molecule has 0 saturated heterocycles. The maximum Gasteiger partial charge on any atom is 0.0835 e. The standard InChI is InChI=1S/C15H14Cl2N4S/c1-22-20-9-4-12-13(8-5-18-19-6-8)10-2-3-11(16)14(17)15(10)21(12)7-9/h2-3,5-6,9,20H,4,7H2,1H3,(H,18,19). The van der Waals surface area contributed by atoms with E-state index >= 15 is 0 Å². The normalized spacial score (nSPS) is 17.3. The molecule has 1 atom stereocenters. The molecule has 0 fully saturated rings. The first-order valence-corrected chi connectivity index (χ1v) is 8.95. The van der Waals surface area contributed by atoms with Gasteiger partial charge < -0.3 is 4.57 Å². The smallest absolute Gasteiger partial charge is 0.0835 e. The van der Waals surface area contributed by atoms with E-state index in [2.05, 4.69) is 19.5 Å². The molecule has 0 amide bonds. The molecule has 2 N–H and O–H groups in total. The van der Waals surface area contributed by atoms with Gasteiger partial charge in [0, 0.05) is 47.4 Å². The van der Waals surface area contributed by atoms with E-state index in [0.29, 0.717) is 16.1 Å². The van der Waals surface area contributed by atoms with Crippen molar-refractivity contribution in [1.29, 1.82) is 0 Å². The van der Waals surface area contributed by atoms with Gasteiger partial charge in [-0.25, -0.2) is 0 Å². The highest BCUT2D eigenvalue weighted by Gasteiger charge is 2.29. The third-order valence-corrected chi connectivity index (χ3v) is 5.50. The van der Waals surface area contributed by atoms with Gasteiger partial charge in [0.2, 0.25) is 0 Å². The second-order valence-corrected chi connectivity index (χ2v) is 6.83. The predicted molar refractivity (Wildman–Crippen MR) is 93.7 cm³/mol. The summed E-state index contributed by atoms with van der Waals surface area (Å²) in [6.45, 7) is 0.893. The number of hydrogen-bond acceptors (Lipinski definition) is 3. The van der Waals surface area contributed by atoms with Gasteiger partial charge in [-0.05, 0) is 12.3 Å². The molecule has 0 spiro atoms. The van der Waals surface area contributed by atoms with Gasteiger partial charge in [-0.15, -0.1) is 0 Å². The molecule has 0 bridgehead atoms. The van der Waals surface area contributed by atoms with Crippen molar-refractivity contribution in [1.82, 2.24) is 19.5 Å². The zero-order valence-corrected chi connectivity index (χ0v) is 14.2. The van der Waals surface area contributed by atoms with Crippen LogP contribution in [-0.2, 0) is 13.0 Å². The third kappa shape index (κ3) is 2.07. The predicted octanol–water partition coefficient (Wildman–Crippen LogP) is 4.13. The molecule has 0 radical (unpaired) electrons. The van der Waals surface area contributed by atoms with Crippen molar-refractivity contribution in [3.63, 3.8) is 0 Å². The zero-order chi connectivity index (χ0) is 15.3. The van der Waals surface area contributed by atoms with Gasteiger partial charge in [0.25, 0.3) is 0 Å². The highest BCUT2D eigenvalue weighted by Crippen LogP contribution is 2.43. The number of hydrogen-bond donors (Lipinski definition) is 2. The number of rotatable bonds is 3. The number of aromatic nitrogens is 3. The van der Waals surface area contributed by atoms with E-state index in [1.807, 2.05) is 30.8 Å². The van der Waals surface area contributed by atoms with Gasteiger partial charge in [0.05, 0.1) is 21.8 Å². The summed E-state index contributed by atoms with van der Waals surface area (Å²) in [4.78, 5) is 0. The van der Waals surface area contributed by atoms with Crippen LogP contribution < -0.4 is 4.72 Å². The molecule has 2 aromatic heterocycles. The quantitative estimate of drug-likeness (QED) is 0.696. The van der Waals surface area contributed by atoms with Crippen LogP contribution in [0.4, 0.5) is 0 Å². The van der Waals surface area contributed by atoms with E-state index in [-0.39, 0.29) is 0 Å². The molecule has 1 aromatic carbocycles. The molecule has 4 nitrogen and oxygen atoms in total. The Balaban J connectivity index is 2.00. The van der Waals surface area contributed by atoms with Crippen LogP contribution in [0.2, 0.25) is 10.0 Å². The fourth-order valence-electron chi connectivity index (χ4n) is 3.32. The summed E-state index contributed by atoms with van der Waals surface area (Å²) in [6.07, 6.45) is 6.79. The number of fused-ring (bicyclic) bond motifs is 3. The molecule has 7 heteroatoms. The van der Waals surface area contributed by atoms with Crippen molar-refractivity contribution in [3.05, 3.63) is 40.3 Å². The Morgan fingerprint density at radius 2 is 2.27 bits per heavy atom. The number of H-pyrrole nitrogens is 1. The summed E-state index contributed by atoms with van der Waals surface area (Å²) in [7, 11) is 0. The van der Waals surface area contributed by atoms with Crippen molar-refractivity contribution < 1.29 is 0 Å². The van der Waals surface area contributed by atoms with Gasteiger partial charge >= 0.3 is 0 Å². The fourth-order valence-corrected chi connectivity index (χ4v) is 4.23. The Labute approximate surface area is 142 Å². The van der Waals surface area contributed by atoms with Crippen LogP contribution in [0.3, 0.4) is 0 Å². The molecule has 1 aliphatic rings. The molecular formula is C15H14Cl2N4S. The van der Waals surface area contributed by atoms with Crippen LogP contribution in [0.5, 0.6) is 0 Å². The Kier molecular flexibility index (Phi) is 3.61. The van der Waals surface area contributed by atoms with Crippen LogP contribution in [-0.4, -0.2) is 27.1 Å². The largest absolute Gasteiger partial charge is 0.341 e. The maximum atomic E-state index is 6.51. The molecule has 3 heterocycles. The second-order valence-electron chi connectivity index (χ2n) is 5.40. The summed E-state index contributed by atoms with van der Waals surface area (Å²) in [6, 6.07) is 4.31. The van der Waals surface area contributed by atoms with E-state index < -0.39 is 0 Å². The maximum absolute atomic E-state index is 6.51. The lowest BCUT2D eigenvalue weighted by molar-refractivity contribution is 0.616. The Morgan fingerprint density at radius 1 is 1.41 bits per heavy atom. The average Bonchev–Trinajstić information content (AvgIpc) is 3.18. The van der Waals surface area contributed by atoms with Crippen LogP contribution in [0.25, 0.3) is 22.0 Å². The number of nitrogens with one attached hydrogen (secondary N) is 2. The number of aromatic amines is 1. The third-order valence-electron chi connectivity index (χ3n) is 4.14. The lowest BCUT2D eigenvalue weighted by atomic mass is 10.0. The van der Waals surface area contributed by atoms with Crippen LogP contribution in [0.1, 0.15) is 5.69 Å². The van der Waals surface area contributed by atoms with Crippen molar-refractivity contribution in [2.45, 2.75) is 19.0 Å². The highest BCUT2D eigenvalue weighted by atomic mass is 35.5. The number of nitrogens with zero attached hydrogens (tertiary/aromatic N) is 2. The van der Waals surface area contributed by atoms with Gasteiger partial charge in [0.1, 0.15) is 0 Å². The van der Waals surface area contributed by atoms with E-state index in [1.54, 1.807) is 11.9 Å². The minimum Gasteiger partial charge on any atom is -0.341 e. The SMILES string of the molecule is CSNC1Cc2c(-c3cn[nH]c3)c3ccc(Cl)c(Cl)c3n2C1. The number of benzene rings is 1. The first kappa shape index (κ1) is 14.5. The van der Waals surface area contributed by atoms with Gasteiger partial charge in [-0.1, -0.05) is 41.2 Å². The highest BCUT2D eigenvalue weighted by molar-refractivity contribution is 7.96. The first-order chi connectivity index (χ1) is 10.7. The molecular weight excluding hydrogens is 339 g/mol. The van der Waals surface area contributed by atoms with Crippen LogP contribution in [0.15, 0.2) is 24.5 Å².